The predicted molar refractivity (Wildman–Crippen MR) is 84.1 cm³/mol. The van der Waals surface area contributed by atoms with Gasteiger partial charge in [0.15, 0.2) is 5.75 Å². The largest absolute Gasteiger partial charge is 0.455 e. The van der Waals surface area contributed by atoms with E-state index in [0.29, 0.717) is 26.7 Å². The Morgan fingerprint density at radius 1 is 1.16 bits per heavy atom. The third kappa shape index (κ3) is 3.18. The van der Waals surface area contributed by atoms with Gasteiger partial charge < -0.3 is 10.5 Å². The Kier molecular flexibility index (Phi) is 4.29. The van der Waals surface area contributed by atoms with Gasteiger partial charge in [-0.3, -0.25) is 0 Å². The standard InChI is InChI=1S/C15H15FINO/c1-9(2)10-5-3-4-6-14(10)19-15-7-11(16)12(17)8-13(15)18/h3-9H,18H2,1-2H3. The summed E-state index contributed by atoms with van der Waals surface area (Å²) in [6.07, 6.45) is 0. The lowest BCUT2D eigenvalue weighted by Gasteiger charge is -2.15. The van der Waals surface area contributed by atoms with Crippen molar-refractivity contribution in [2.75, 3.05) is 5.73 Å². The second-order valence-corrected chi connectivity index (χ2v) is 5.76. The van der Waals surface area contributed by atoms with Crippen molar-refractivity contribution in [3.8, 4) is 11.5 Å². The van der Waals surface area contributed by atoms with Gasteiger partial charge in [-0.1, -0.05) is 32.0 Å². The number of rotatable bonds is 3. The first-order valence-corrected chi connectivity index (χ1v) is 7.08. The Morgan fingerprint density at radius 2 is 1.84 bits per heavy atom. The molecule has 0 spiro atoms. The number of benzene rings is 2. The Bertz CT molecular complexity index is 599. The van der Waals surface area contributed by atoms with Crippen LogP contribution in [0.5, 0.6) is 11.5 Å². The molecule has 2 nitrogen and oxygen atoms in total. The van der Waals surface area contributed by atoms with Crippen LogP contribution in [0.1, 0.15) is 25.3 Å². The van der Waals surface area contributed by atoms with Gasteiger partial charge in [0.2, 0.25) is 0 Å². The first-order chi connectivity index (χ1) is 8.99. The zero-order valence-corrected chi connectivity index (χ0v) is 12.9. The van der Waals surface area contributed by atoms with E-state index in [9.17, 15) is 4.39 Å². The average Bonchev–Trinajstić information content (AvgIpc) is 2.36. The summed E-state index contributed by atoms with van der Waals surface area (Å²) in [4.78, 5) is 0. The molecule has 0 aliphatic heterocycles. The van der Waals surface area contributed by atoms with Gasteiger partial charge in [-0.15, -0.1) is 0 Å². The molecule has 0 aliphatic rings. The molecule has 0 heterocycles. The summed E-state index contributed by atoms with van der Waals surface area (Å²) >= 11 is 1.90. The van der Waals surface area contributed by atoms with Crippen LogP contribution in [0.2, 0.25) is 0 Å². The van der Waals surface area contributed by atoms with Crippen LogP contribution in [0, 0.1) is 9.39 Å². The van der Waals surface area contributed by atoms with Crippen LogP contribution in [0.25, 0.3) is 0 Å². The second kappa shape index (κ2) is 5.77. The van der Waals surface area contributed by atoms with Crippen molar-refractivity contribution >= 4 is 28.3 Å². The normalized spacial score (nSPS) is 10.8. The molecule has 0 aliphatic carbocycles. The number of nitrogen functional groups attached to an aromatic ring is 1. The molecule has 0 bridgehead atoms. The van der Waals surface area contributed by atoms with Gasteiger partial charge in [-0.2, -0.15) is 0 Å². The maximum atomic E-state index is 13.6. The molecule has 2 rings (SSSR count). The van der Waals surface area contributed by atoms with Crippen LogP contribution in [-0.2, 0) is 0 Å². The summed E-state index contributed by atoms with van der Waals surface area (Å²) in [6, 6.07) is 10.6. The van der Waals surface area contributed by atoms with E-state index in [1.54, 1.807) is 6.07 Å². The molecular weight excluding hydrogens is 356 g/mol. The second-order valence-electron chi connectivity index (χ2n) is 4.60. The lowest BCUT2D eigenvalue weighted by atomic mass is 10.0. The predicted octanol–water partition coefficient (Wildman–Crippen LogP) is 4.93. The first kappa shape index (κ1) is 14.1. The van der Waals surface area contributed by atoms with Crippen molar-refractivity contribution in [2.24, 2.45) is 0 Å². The summed E-state index contributed by atoms with van der Waals surface area (Å²) in [5, 5.41) is 0. The quantitative estimate of drug-likeness (QED) is 0.614. The Balaban J connectivity index is 2.39. The van der Waals surface area contributed by atoms with Crippen molar-refractivity contribution in [3.63, 3.8) is 0 Å². The molecular formula is C15H15FINO. The zero-order valence-electron chi connectivity index (χ0n) is 10.8. The average molecular weight is 371 g/mol. The number of halogens is 2. The molecule has 0 saturated heterocycles. The SMILES string of the molecule is CC(C)c1ccccc1Oc1cc(F)c(I)cc1N. The highest BCUT2D eigenvalue weighted by Gasteiger charge is 2.11. The monoisotopic (exact) mass is 371 g/mol. The maximum Gasteiger partial charge on any atom is 0.153 e. The van der Waals surface area contributed by atoms with Crippen LogP contribution >= 0.6 is 22.6 Å². The van der Waals surface area contributed by atoms with Crippen molar-refractivity contribution in [2.45, 2.75) is 19.8 Å². The van der Waals surface area contributed by atoms with E-state index in [1.807, 2.05) is 46.9 Å². The van der Waals surface area contributed by atoms with Gasteiger partial charge in [0.05, 0.1) is 9.26 Å². The lowest BCUT2D eigenvalue weighted by molar-refractivity contribution is 0.469. The number of hydrogen-bond acceptors (Lipinski definition) is 2. The highest BCUT2D eigenvalue weighted by molar-refractivity contribution is 14.1. The molecule has 0 fully saturated rings. The summed E-state index contributed by atoms with van der Waals surface area (Å²) in [5.41, 5.74) is 7.37. The Labute approximate surface area is 125 Å². The topological polar surface area (TPSA) is 35.2 Å². The van der Waals surface area contributed by atoms with Gasteiger partial charge >= 0.3 is 0 Å². The third-order valence-electron chi connectivity index (χ3n) is 2.81. The fourth-order valence-corrected chi connectivity index (χ4v) is 2.29. The van der Waals surface area contributed by atoms with Gasteiger partial charge in [0, 0.05) is 6.07 Å². The minimum absolute atomic E-state index is 0.325. The van der Waals surface area contributed by atoms with E-state index in [2.05, 4.69) is 13.8 Å². The van der Waals surface area contributed by atoms with Crippen molar-refractivity contribution in [3.05, 3.63) is 51.3 Å². The number of ether oxygens (including phenoxy) is 1. The van der Waals surface area contributed by atoms with Crippen LogP contribution in [0.3, 0.4) is 0 Å². The molecule has 0 unspecified atom stereocenters. The molecule has 0 amide bonds. The smallest absolute Gasteiger partial charge is 0.153 e. The summed E-state index contributed by atoms with van der Waals surface area (Å²) in [7, 11) is 0. The van der Waals surface area contributed by atoms with Crippen molar-refractivity contribution in [1.82, 2.24) is 0 Å². The first-order valence-electron chi connectivity index (χ1n) is 6.00. The summed E-state index contributed by atoms with van der Waals surface area (Å²) < 4.78 is 19.8. The fraction of sp³-hybridized carbons (Fsp3) is 0.200. The van der Waals surface area contributed by atoms with E-state index in [0.717, 1.165) is 5.56 Å². The van der Waals surface area contributed by atoms with Gasteiger partial charge in [0.25, 0.3) is 0 Å². The number of hydrogen-bond donors (Lipinski definition) is 1. The van der Waals surface area contributed by atoms with E-state index in [-0.39, 0.29) is 5.82 Å². The minimum Gasteiger partial charge on any atom is -0.455 e. The maximum absolute atomic E-state index is 13.6. The molecule has 2 aromatic rings. The van der Waals surface area contributed by atoms with Crippen LogP contribution in [-0.4, -0.2) is 0 Å². The lowest BCUT2D eigenvalue weighted by Crippen LogP contribution is -1.98. The fourth-order valence-electron chi connectivity index (χ4n) is 1.80. The number of anilines is 1. The van der Waals surface area contributed by atoms with Crippen molar-refractivity contribution < 1.29 is 9.13 Å². The molecule has 0 saturated carbocycles. The number of nitrogens with two attached hydrogens (primary N) is 1. The van der Waals surface area contributed by atoms with E-state index in [4.69, 9.17) is 10.5 Å². The van der Waals surface area contributed by atoms with Gasteiger partial charge in [-0.05, 0) is 46.2 Å². The Morgan fingerprint density at radius 3 is 2.53 bits per heavy atom. The molecule has 4 heteroatoms. The Hall–Kier alpha value is -1.30. The number of para-hydroxylation sites is 1. The molecule has 19 heavy (non-hydrogen) atoms. The molecule has 0 aromatic heterocycles. The molecule has 2 aromatic carbocycles. The van der Waals surface area contributed by atoms with Crippen LogP contribution < -0.4 is 10.5 Å². The molecule has 100 valence electrons. The van der Waals surface area contributed by atoms with E-state index >= 15 is 0 Å². The highest BCUT2D eigenvalue weighted by atomic mass is 127. The van der Waals surface area contributed by atoms with E-state index < -0.39 is 0 Å². The summed E-state index contributed by atoms with van der Waals surface area (Å²) in [5.74, 6) is 1.06. The minimum atomic E-state index is -0.327. The third-order valence-corrected chi connectivity index (χ3v) is 3.64. The molecule has 0 radical (unpaired) electrons. The highest BCUT2D eigenvalue weighted by Crippen LogP contribution is 2.34. The molecule has 0 atom stereocenters. The zero-order chi connectivity index (χ0) is 14.0. The van der Waals surface area contributed by atoms with E-state index in [1.165, 1.54) is 6.07 Å². The van der Waals surface area contributed by atoms with Crippen LogP contribution in [0.4, 0.5) is 10.1 Å². The van der Waals surface area contributed by atoms with Gasteiger partial charge in [-0.25, -0.2) is 4.39 Å². The molecule has 2 N–H and O–H groups in total. The summed E-state index contributed by atoms with van der Waals surface area (Å²) in [6.45, 7) is 4.17. The van der Waals surface area contributed by atoms with Crippen LogP contribution in [0.15, 0.2) is 36.4 Å². The van der Waals surface area contributed by atoms with Gasteiger partial charge in [0.1, 0.15) is 11.6 Å². The van der Waals surface area contributed by atoms with Crippen molar-refractivity contribution in [1.29, 1.82) is 0 Å².